The van der Waals surface area contributed by atoms with Gasteiger partial charge in [0.1, 0.15) is 5.82 Å². The zero-order valence-corrected chi connectivity index (χ0v) is 11.3. The number of aromatic nitrogens is 1. The summed E-state index contributed by atoms with van der Waals surface area (Å²) < 4.78 is 4.96. The van der Waals surface area contributed by atoms with E-state index in [2.05, 4.69) is 15.6 Å². The molecule has 19 heavy (non-hydrogen) atoms. The molecule has 1 aromatic rings. The van der Waals surface area contributed by atoms with Crippen molar-refractivity contribution in [2.24, 2.45) is 5.73 Å². The van der Waals surface area contributed by atoms with E-state index in [1.807, 2.05) is 12.1 Å². The third kappa shape index (κ3) is 6.73. The first kappa shape index (κ1) is 15.4. The van der Waals surface area contributed by atoms with E-state index >= 15 is 0 Å². The molecule has 1 aromatic heterocycles. The van der Waals surface area contributed by atoms with Gasteiger partial charge in [0.25, 0.3) is 0 Å². The van der Waals surface area contributed by atoms with E-state index in [0.717, 1.165) is 25.4 Å². The molecule has 106 valence electrons. The fourth-order valence-corrected chi connectivity index (χ4v) is 1.49. The minimum absolute atomic E-state index is 0.0342. The van der Waals surface area contributed by atoms with Crippen LogP contribution in [-0.2, 0) is 9.53 Å². The van der Waals surface area contributed by atoms with Gasteiger partial charge in [0, 0.05) is 26.7 Å². The molecule has 0 aliphatic heterocycles. The Kier molecular flexibility index (Phi) is 7.53. The Bertz CT molecular complexity index is 367. The fourth-order valence-electron chi connectivity index (χ4n) is 1.49. The van der Waals surface area contributed by atoms with E-state index in [9.17, 15) is 4.79 Å². The summed E-state index contributed by atoms with van der Waals surface area (Å²) >= 11 is 0. The van der Waals surface area contributed by atoms with Crippen molar-refractivity contribution in [2.45, 2.75) is 19.3 Å². The van der Waals surface area contributed by atoms with Crippen LogP contribution in [0.1, 0.15) is 19.3 Å². The lowest BCUT2D eigenvalue weighted by molar-refractivity contribution is -0.116. The number of amides is 1. The number of nitrogens with one attached hydrogen (secondary N) is 2. The van der Waals surface area contributed by atoms with Crippen molar-refractivity contribution >= 4 is 17.4 Å². The SMILES string of the molecule is COCCCNc1ccc(NC(=O)CCCN)cn1. The highest BCUT2D eigenvalue weighted by molar-refractivity contribution is 5.90. The summed E-state index contributed by atoms with van der Waals surface area (Å²) in [6.07, 6.45) is 3.70. The maximum Gasteiger partial charge on any atom is 0.224 e. The van der Waals surface area contributed by atoms with Crippen LogP contribution >= 0.6 is 0 Å². The number of carbonyl (C=O) groups excluding carboxylic acids is 1. The number of carbonyl (C=O) groups is 1. The molecule has 0 aliphatic carbocycles. The van der Waals surface area contributed by atoms with Crippen molar-refractivity contribution in [1.29, 1.82) is 0 Å². The Hall–Kier alpha value is -1.66. The average Bonchev–Trinajstić information content (AvgIpc) is 2.43. The number of hydrogen-bond acceptors (Lipinski definition) is 5. The third-order valence-electron chi connectivity index (χ3n) is 2.49. The Morgan fingerprint density at radius 3 is 2.89 bits per heavy atom. The van der Waals surface area contributed by atoms with Gasteiger partial charge in [-0.15, -0.1) is 0 Å². The smallest absolute Gasteiger partial charge is 0.224 e. The first-order chi connectivity index (χ1) is 9.26. The summed E-state index contributed by atoms with van der Waals surface area (Å²) in [5.41, 5.74) is 6.05. The topological polar surface area (TPSA) is 89.3 Å². The van der Waals surface area contributed by atoms with Gasteiger partial charge in [0.05, 0.1) is 11.9 Å². The van der Waals surface area contributed by atoms with Gasteiger partial charge in [-0.25, -0.2) is 4.98 Å². The molecule has 0 bridgehead atoms. The van der Waals surface area contributed by atoms with Gasteiger partial charge in [0.15, 0.2) is 0 Å². The van der Waals surface area contributed by atoms with Crippen LogP contribution in [0.15, 0.2) is 18.3 Å². The number of ether oxygens (including phenoxy) is 1. The molecular formula is C13H22N4O2. The van der Waals surface area contributed by atoms with E-state index < -0.39 is 0 Å². The van der Waals surface area contributed by atoms with Crippen molar-refractivity contribution in [1.82, 2.24) is 4.98 Å². The first-order valence-corrected chi connectivity index (χ1v) is 6.45. The van der Waals surface area contributed by atoms with Crippen LogP contribution in [0.2, 0.25) is 0 Å². The zero-order chi connectivity index (χ0) is 13.9. The molecule has 1 heterocycles. The van der Waals surface area contributed by atoms with Gasteiger partial charge in [0.2, 0.25) is 5.91 Å². The predicted molar refractivity (Wildman–Crippen MR) is 76.1 cm³/mol. The average molecular weight is 266 g/mol. The highest BCUT2D eigenvalue weighted by Gasteiger charge is 2.02. The van der Waals surface area contributed by atoms with Crippen LogP contribution in [0.3, 0.4) is 0 Å². The summed E-state index contributed by atoms with van der Waals surface area (Å²) in [5.74, 6) is 0.754. The molecule has 0 atom stereocenters. The van der Waals surface area contributed by atoms with Crippen LogP contribution in [-0.4, -0.2) is 37.7 Å². The van der Waals surface area contributed by atoms with E-state index in [1.165, 1.54) is 0 Å². The number of rotatable bonds is 9. The number of methoxy groups -OCH3 is 1. The van der Waals surface area contributed by atoms with Gasteiger partial charge >= 0.3 is 0 Å². The minimum Gasteiger partial charge on any atom is -0.385 e. The molecule has 1 rings (SSSR count). The maximum atomic E-state index is 11.5. The van der Waals surface area contributed by atoms with E-state index in [4.69, 9.17) is 10.5 Å². The van der Waals surface area contributed by atoms with Gasteiger partial charge in [-0.1, -0.05) is 0 Å². The third-order valence-corrected chi connectivity index (χ3v) is 2.49. The van der Waals surface area contributed by atoms with E-state index in [1.54, 1.807) is 13.3 Å². The molecule has 0 fully saturated rings. The van der Waals surface area contributed by atoms with Gasteiger partial charge in [-0.3, -0.25) is 4.79 Å². The van der Waals surface area contributed by atoms with Crippen LogP contribution in [0.25, 0.3) is 0 Å². The number of hydrogen-bond donors (Lipinski definition) is 3. The lowest BCUT2D eigenvalue weighted by Gasteiger charge is -2.07. The van der Waals surface area contributed by atoms with Crippen LogP contribution in [0, 0.1) is 0 Å². The summed E-state index contributed by atoms with van der Waals surface area (Å²) in [6, 6.07) is 3.66. The van der Waals surface area contributed by atoms with Crippen molar-refractivity contribution < 1.29 is 9.53 Å². The van der Waals surface area contributed by atoms with Gasteiger partial charge in [-0.2, -0.15) is 0 Å². The largest absolute Gasteiger partial charge is 0.385 e. The Labute approximate surface area is 113 Å². The van der Waals surface area contributed by atoms with Crippen LogP contribution in [0.4, 0.5) is 11.5 Å². The molecule has 0 aliphatic rings. The molecule has 4 N–H and O–H groups in total. The van der Waals surface area contributed by atoms with Crippen molar-refractivity contribution in [3.05, 3.63) is 18.3 Å². The monoisotopic (exact) mass is 266 g/mol. The normalized spacial score (nSPS) is 10.2. The van der Waals surface area contributed by atoms with Crippen molar-refractivity contribution in [2.75, 3.05) is 37.4 Å². The zero-order valence-electron chi connectivity index (χ0n) is 11.3. The summed E-state index contributed by atoms with van der Waals surface area (Å²) in [6.45, 7) is 2.06. The molecule has 0 aromatic carbocycles. The Morgan fingerprint density at radius 1 is 1.42 bits per heavy atom. The summed E-state index contributed by atoms with van der Waals surface area (Å²) in [7, 11) is 1.68. The molecule has 0 saturated heterocycles. The second kappa shape index (κ2) is 9.29. The standard InChI is InChI=1S/C13H22N4O2/c1-19-9-3-8-15-12-6-5-11(10-16-12)17-13(18)4-2-7-14/h5-6,10H,2-4,7-9,14H2,1H3,(H,15,16)(H,17,18). The lowest BCUT2D eigenvalue weighted by atomic mass is 10.3. The number of anilines is 2. The Morgan fingerprint density at radius 2 is 2.26 bits per heavy atom. The fraction of sp³-hybridized carbons (Fsp3) is 0.538. The number of pyridine rings is 1. The lowest BCUT2D eigenvalue weighted by Crippen LogP contribution is -2.13. The van der Waals surface area contributed by atoms with Crippen molar-refractivity contribution in [3.63, 3.8) is 0 Å². The van der Waals surface area contributed by atoms with Crippen LogP contribution < -0.4 is 16.4 Å². The Balaban J connectivity index is 2.32. The van der Waals surface area contributed by atoms with Crippen molar-refractivity contribution in [3.8, 4) is 0 Å². The molecule has 0 spiro atoms. The second-order valence-corrected chi connectivity index (χ2v) is 4.15. The minimum atomic E-state index is -0.0342. The van der Waals surface area contributed by atoms with E-state index in [-0.39, 0.29) is 5.91 Å². The summed E-state index contributed by atoms with van der Waals surface area (Å²) in [4.78, 5) is 15.7. The molecule has 0 saturated carbocycles. The molecule has 1 amide bonds. The molecular weight excluding hydrogens is 244 g/mol. The van der Waals surface area contributed by atoms with E-state index in [0.29, 0.717) is 25.1 Å². The van der Waals surface area contributed by atoms with Gasteiger partial charge in [-0.05, 0) is 31.5 Å². The molecule has 6 heteroatoms. The highest BCUT2D eigenvalue weighted by atomic mass is 16.5. The predicted octanol–water partition coefficient (Wildman–Crippen LogP) is 1.21. The highest BCUT2D eigenvalue weighted by Crippen LogP contribution is 2.10. The molecule has 0 unspecified atom stereocenters. The second-order valence-electron chi connectivity index (χ2n) is 4.15. The summed E-state index contributed by atoms with van der Waals surface area (Å²) in [5, 5.41) is 5.95. The quantitative estimate of drug-likeness (QED) is 0.585. The number of nitrogens with zero attached hydrogens (tertiary/aromatic N) is 1. The first-order valence-electron chi connectivity index (χ1n) is 6.45. The number of nitrogens with two attached hydrogens (primary N) is 1. The van der Waals surface area contributed by atoms with Crippen LogP contribution in [0.5, 0.6) is 0 Å². The van der Waals surface area contributed by atoms with Gasteiger partial charge < -0.3 is 21.1 Å². The maximum absolute atomic E-state index is 11.5. The molecule has 6 nitrogen and oxygen atoms in total. The molecule has 0 radical (unpaired) electrons.